The van der Waals surface area contributed by atoms with E-state index in [9.17, 15) is 0 Å². The Morgan fingerprint density at radius 1 is 1.14 bits per heavy atom. The van der Waals surface area contributed by atoms with Gasteiger partial charge in [0, 0.05) is 19.3 Å². The van der Waals surface area contributed by atoms with Crippen LogP contribution in [0.4, 0.5) is 11.5 Å². The van der Waals surface area contributed by atoms with E-state index < -0.39 is 0 Å². The highest BCUT2D eigenvalue weighted by molar-refractivity contribution is 6.03. The zero-order valence-electron chi connectivity index (χ0n) is 12.4. The van der Waals surface area contributed by atoms with Crippen LogP contribution in [0.1, 0.15) is 12.0 Å². The van der Waals surface area contributed by atoms with Crippen molar-refractivity contribution in [3.63, 3.8) is 0 Å². The van der Waals surface area contributed by atoms with Crippen molar-refractivity contribution in [3.8, 4) is 0 Å². The summed E-state index contributed by atoms with van der Waals surface area (Å²) in [5.74, 6) is 0.795. The smallest absolute Gasteiger partial charge is 0.156 e. The van der Waals surface area contributed by atoms with Crippen molar-refractivity contribution in [3.05, 3.63) is 54.2 Å². The number of anilines is 1. The molecule has 1 aliphatic rings. The third-order valence-electron chi connectivity index (χ3n) is 3.50. The summed E-state index contributed by atoms with van der Waals surface area (Å²) in [4.78, 5) is 11.2. The number of hydrogen-bond acceptors (Lipinski definition) is 5. The molecule has 0 fully saturated rings. The van der Waals surface area contributed by atoms with E-state index in [4.69, 9.17) is 14.8 Å². The Kier molecular flexibility index (Phi) is 4.78. The van der Waals surface area contributed by atoms with E-state index in [1.54, 1.807) is 6.20 Å². The summed E-state index contributed by atoms with van der Waals surface area (Å²) in [7, 11) is 0. The van der Waals surface area contributed by atoms with Crippen LogP contribution in [0.3, 0.4) is 0 Å². The first-order valence-corrected chi connectivity index (χ1v) is 7.40. The van der Waals surface area contributed by atoms with Crippen LogP contribution in [0.25, 0.3) is 0 Å². The Morgan fingerprint density at radius 2 is 2.00 bits per heavy atom. The first-order chi connectivity index (χ1) is 10.9. The number of aliphatic imine (C=N–C) groups is 1. The minimum Gasteiger partial charge on any atom is -0.396 e. The van der Waals surface area contributed by atoms with E-state index in [0.29, 0.717) is 26.3 Å². The lowest BCUT2D eigenvalue weighted by atomic mass is 10.1. The number of nitrogens with zero attached hydrogens (tertiary/aromatic N) is 3. The van der Waals surface area contributed by atoms with Gasteiger partial charge < -0.3 is 14.7 Å². The van der Waals surface area contributed by atoms with Crippen LogP contribution in [-0.2, 0) is 4.74 Å². The summed E-state index contributed by atoms with van der Waals surface area (Å²) in [5.41, 5.74) is 2.79. The molecule has 1 N–H and O–H groups in total. The largest absolute Gasteiger partial charge is 0.396 e. The Bertz CT molecular complexity index is 643. The van der Waals surface area contributed by atoms with Gasteiger partial charge in [-0.25, -0.2) is 9.98 Å². The first kappa shape index (κ1) is 14.7. The summed E-state index contributed by atoms with van der Waals surface area (Å²) >= 11 is 0. The second-order valence-electron chi connectivity index (χ2n) is 5.09. The van der Waals surface area contributed by atoms with Gasteiger partial charge in [-0.2, -0.15) is 0 Å². The second kappa shape index (κ2) is 7.15. The predicted molar refractivity (Wildman–Crippen MR) is 86.7 cm³/mol. The van der Waals surface area contributed by atoms with Gasteiger partial charge in [-0.05, 0) is 24.1 Å². The van der Waals surface area contributed by atoms with Gasteiger partial charge in [-0.15, -0.1) is 0 Å². The number of rotatable bonds is 4. The number of benzene rings is 1. The molecule has 5 heteroatoms. The molecule has 0 bridgehead atoms. The highest BCUT2D eigenvalue weighted by atomic mass is 16.5. The van der Waals surface area contributed by atoms with Crippen LogP contribution in [0, 0.1) is 0 Å². The van der Waals surface area contributed by atoms with Gasteiger partial charge in [0.1, 0.15) is 12.4 Å². The molecule has 2 aromatic rings. The minimum absolute atomic E-state index is 0.150. The topological polar surface area (TPSA) is 58.0 Å². The van der Waals surface area contributed by atoms with Crippen LogP contribution in [-0.4, -0.2) is 42.3 Å². The van der Waals surface area contributed by atoms with Gasteiger partial charge in [0.15, 0.2) is 5.82 Å². The molecule has 0 saturated carbocycles. The molecule has 3 rings (SSSR count). The number of hydrogen-bond donors (Lipinski definition) is 1. The monoisotopic (exact) mass is 297 g/mol. The Morgan fingerprint density at radius 3 is 2.82 bits per heavy atom. The Balaban J connectivity index is 1.97. The molecule has 0 saturated heterocycles. The Hall–Kier alpha value is -2.24. The van der Waals surface area contributed by atoms with E-state index in [1.807, 2.05) is 47.4 Å². The molecular weight excluding hydrogens is 278 g/mol. The molecule has 0 atom stereocenters. The van der Waals surface area contributed by atoms with Crippen LogP contribution >= 0.6 is 0 Å². The van der Waals surface area contributed by atoms with Crippen molar-refractivity contribution in [2.24, 2.45) is 4.99 Å². The standard InChI is InChI=1S/C17H19N3O2/c21-11-5-10-20-13-22-12-16(14-6-2-1-3-7-14)19-15-8-4-9-18-17(15)20/h1-4,6-9,21H,5,10-13H2. The Labute approximate surface area is 129 Å². The van der Waals surface area contributed by atoms with Gasteiger partial charge >= 0.3 is 0 Å². The van der Waals surface area contributed by atoms with E-state index in [-0.39, 0.29) is 6.61 Å². The van der Waals surface area contributed by atoms with Gasteiger partial charge in [-0.1, -0.05) is 30.3 Å². The molecule has 1 aromatic heterocycles. The van der Waals surface area contributed by atoms with Crippen LogP contribution in [0.5, 0.6) is 0 Å². The van der Waals surface area contributed by atoms with Crippen molar-refractivity contribution >= 4 is 17.2 Å². The predicted octanol–water partition coefficient (Wildman–Crippen LogP) is 2.38. The summed E-state index contributed by atoms with van der Waals surface area (Å²) in [6, 6.07) is 13.9. The number of pyridine rings is 1. The summed E-state index contributed by atoms with van der Waals surface area (Å²) < 4.78 is 5.78. The fraction of sp³-hybridized carbons (Fsp3) is 0.294. The number of ether oxygens (including phenoxy) is 1. The molecular formula is C17H19N3O2. The maximum Gasteiger partial charge on any atom is 0.156 e. The number of fused-ring (bicyclic) bond motifs is 1. The van der Waals surface area contributed by atoms with E-state index in [0.717, 1.165) is 22.8 Å². The van der Waals surface area contributed by atoms with Crippen molar-refractivity contribution < 1.29 is 9.84 Å². The quantitative estimate of drug-likeness (QED) is 0.941. The summed E-state index contributed by atoms with van der Waals surface area (Å²) in [6.45, 7) is 1.73. The highest BCUT2D eigenvalue weighted by Gasteiger charge is 2.17. The summed E-state index contributed by atoms with van der Waals surface area (Å²) in [5, 5.41) is 9.05. The van der Waals surface area contributed by atoms with Crippen LogP contribution < -0.4 is 4.90 Å². The molecule has 1 aliphatic heterocycles. The van der Waals surface area contributed by atoms with Crippen molar-refractivity contribution in [1.29, 1.82) is 0 Å². The average Bonchev–Trinajstić information content (AvgIpc) is 2.56. The molecule has 2 heterocycles. The number of aliphatic hydroxyl groups is 1. The molecule has 0 radical (unpaired) electrons. The van der Waals surface area contributed by atoms with E-state index in [1.165, 1.54) is 0 Å². The molecule has 22 heavy (non-hydrogen) atoms. The van der Waals surface area contributed by atoms with Gasteiger partial charge in [0.25, 0.3) is 0 Å². The zero-order valence-corrected chi connectivity index (χ0v) is 12.4. The lowest BCUT2D eigenvalue weighted by Crippen LogP contribution is -2.31. The summed E-state index contributed by atoms with van der Waals surface area (Å²) in [6.07, 6.45) is 2.43. The molecule has 114 valence electrons. The first-order valence-electron chi connectivity index (χ1n) is 7.40. The molecule has 0 unspecified atom stereocenters. The minimum atomic E-state index is 0.150. The van der Waals surface area contributed by atoms with Crippen molar-refractivity contribution in [2.45, 2.75) is 6.42 Å². The lowest BCUT2D eigenvalue weighted by Gasteiger charge is -2.26. The normalized spacial score (nSPS) is 14.8. The molecule has 5 nitrogen and oxygen atoms in total. The van der Waals surface area contributed by atoms with E-state index in [2.05, 4.69) is 4.98 Å². The SMILES string of the molecule is OCCCN1COCC(c2ccccc2)=Nc2cccnc21. The number of aromatic nitrogens is 1. The second-order valence-corrected chi connectivity index (χ2v) is 5.09. The fourth-order valence-electron chi connectivity index (χ4n) is 2.42. The molecule has 1 aromatic carbocycles. The van der Waals surface area contributed by atoms with Crippen LogP contribution in [0.2, 0.25) is 0 Å². The number of aliphatic hydroxyl groups excluding tert-OH is 1. The fourth-order valence-corrected chi connectivity index (χ4v) is 2.42. The third-order valence-corrected chi connectivity index (χ3v) is 3.50. The van der Waals surface area contributed by atoms with Gasteiger partial charge in [-0.3, -0.25) is 0 Å². The van der Waals surface area contributed by atoms with Gasteiger partial charge in [0.05, 0.1) is 12.3 Å². The van der Waals surface area contributed by atoms with Crippen molar-refractivity contribution in [2.75, 3.05) is 31.4 Å². The van der Waals surface area contributed by atoms with E-state index >= 15 is 0 Å². The third kappa shape index (κ3) is 3.32. The maximum atomic E-state index is 9.05. The highest BCUT2D eigenvalue weighted by Crippen LogP contribution is 2.28. The molecule has 0 amide bonds. The molecule has 0 aliphatic carbocycles. The zero-order chi connectivity index (χ0) is 15.2. The maximum absolute atomic E-state index is 9.05. The van der Waals surface area contributed by atoms with Gasteiger partial charge in [0.2, 0.25) is 0 Å². The van der Waals surface area contributed by atoms with Crippen molar-refractivity contribution in [1.82, 2.24) is 4.98 Å². The lowest BCUT2D eigenvalue weighted by molar-refractivity contribution is 0.168. The van der Waals surface area contributed by atoms with Crippen LogP contribution in [0.15, 0.2) is 53.7 Å². The average molecular weight is 297 g/mol. The molecule has 0 spiro atoms.